The van der Waals surface area contributed by atoms with Gasteiger partial charge in [0.05, 0.1) is 12.7 Å². The lowest BCUT2D eigenvalue weighted by atomic mass is 9.99. The standard InChI is InChI=1S/C10H13NO9/c12-3-4-7(13)8(14)9(15)10(18-4)20-6-2-1-5(19-6)11(16)17/h1-2,4,7-10,12-15H,3H2/t4-,7-,8+,9-,10+/m1/s1. The molecule has 1 aliphatic heterocycles. The largest absolute Gasteiger partial charge is 0.436 e. The monoisotopic (exact) mass is 291 g/mol. The highest BCUT2D eigenvalue weighted by Crippen LogP contribution is 2.27. The van der Waals surface area contributed by atoms with Crippen molar-refractivity contribution in [1.82, 2.24) is 0 Å². The van der Waals surface area contributed by atoms with Crippen LogP contribution in [0.15, 0.2) is 16.5 Å². The Kier molecular flexibility index (Phi) is 4.20. The molecule has 0 amide bonds. The molecule has 0 aromatic carbocycles. The molecule has 2 heterocycles. The minimum Gasteiger partial charge on any atom is -0.432 e. The molecule has 1 saturated heterocycles. The number of ether oxygens (including phenoxy) is 2. The van der Waals surface area contributed by atoms with Crippen molar-refractivity contribution < 1.29 is 39.2 Å². The van der Waals surface area contributed by atoms with Crippen LogP contribution in [0.4, 0.5) is 5.88 Å². The van der Waals surface area contributed by atoms with Crippen LogP contribution < -0.4 is 4.74 Å². The van der Waals surface area contributed by atoms with Gasteiger partial charge in [0.15, 0.2) is 0 Å². The first kappa shape index (κ1) is 14.7. The minimum absolute atomic E-state index is 0.305. The minimum atomic E-state index is -1.61. The van der Waals surface area contributed by atoms with Crippen LogP contribution in [0.2, 0.25) is 0 Å². The van der Waals surface area contributed by atoms with Gasteiger partial charge in [-0.3, -0.25) is 10.1 Å². The number of hydrogen-bond donors (Lipinski definition) is 4. The molecule has 1 aromatic heterocycles. The Balaban J connectivity index is 2.08. The molecule has 0 aliphatic carbocycles. The molecule has 0 bridgehead atoms. The van der Waals surface area contributed by atoms with Gasteiger partial charge >= 0.3 is 5.88 Å². The third-order valence-corrected chi connectivity index (χ3v) is 2.83. The lowest BCUT2D eigenvalue weighted by molar-refractivity contribution is -0.402. The highest BCUT2D eigenvalue weighted by molar-refractivity contribution is 5.21. The summed E-state index contributed by atoms with van der Waals surface area (Å²) in [6.45, 7) is -0.608. The van der Waals surface area contributed by atoms with E-state index in [2.05, 4.69) is 0 Å². The normalized spacial score (nSPS) is 33.9. The summed E-state index contributed by atoms with van der Waals surface area (Å²) in [6.07, 6.45) is -7.31. The van der Waals surface area contributed by atoms with E-state index in [-0.39, 0.29) is 5.95 Å². The Bertz CT molecular complexity index is 473. The van der Waals surface area contributed by atoms with Gasteiger partial charge in [-0.05, 0) is 0 Å². The van der Waals surface area contributed by atoms with Crippen LogP contribution in [0.5, 0.6) is 5.95 Å². The first-order valence-electron chi connectivity index (χ1n) is 5.65. The molecule has 20 heavy (non-hydrogen) atoms. The second-order valence-corrected chi connectivity index (χ2v) is 4.16. The maximum Gasteiger partial charge on any atom is 0.436 e. The van der Waals surface area contributed by atoms with Crippen LogP contribution >= 0.6 is 0 Å². The third-order valence-electron chi connectivity index (χ3n) is 2.83. The molecule has 5 atom stereocenters. The van der Waals surface area contributed by atoms with Gasteiger partial charge in [-0.15, -0.1) is 0 Å². The Morgan fingerprint density at radius 1 is 1.25 bits per heavy atom. The molecule has 1 aliphatic rings. The van der Waals surface area contributed by atoms with Crippen molar-refractivity contribution >= 4 is 5.88 Å². The average molecular weight is 291 g/mol. The van der Waals surface area contributed by atoms with Gasteiger partial charge < -0.3 is 34.3 Å². The summed E-state index contributed by atoms with van der Waals surface area (Å²) in [5.74, 6) is -0.870. The Morgan fingerprint density at radius 2 is 1.95 bits per heavy atom. The molecule has 0 spiro atoms. The van der Waals surface area contributed by atoms with Crippen LogP contribution in [-0.2, 0) is 4.74 Å². The van der Waals surface area contributed by atoms with E-state index in [4.69, 9.17) is 19.0 Å². The summed E-state index contributed by atoms with van der Waals surface area (Å²) >= 11 is 0. The quantitative estimate of drug-likeness (QED) is 0.377. The van der Waals surface area contributed by atoms with E-state index < -0.39 is 48.1 Å². The summed E-state index contributed by atoms with van der Waals surface area (Å²) in [6, 6.07) is 2.18. The fourth-order valence-electron chi connectivity index (χ4n) is 1.75. The molecule has 4 N–H and O–H groups in total. The molecule has 2 rings (SSSR count). The third kappa shape index (κ3) is 2.73. The van der Waals surface area contributed by atoms with Crippen LogP contribution in [0, 0.1) is 10.1 Å². The van der Waals surface area contributed by atoms with Gasteiger partial charge in [-0.25, -0.2) is 0 Å². The fourth-order valence-corrected chi connectivity index (χ4v) is 1.75. The number of aliphatic hydroxyl groups excluding tert-OH is 4. The van der Waals surface area contributed by atoms with Crippen molar-refractivity contribution in [2.45, 2.75) is 30.7 Å². The van der Waals surface area contributed by atoms with Crippen LogP contribution in [0.3, 0.4) is 0 Å². The molecule has 112 valence electrons. The predicted octanol–water partition coefficient (Wildman–Crippen LogP) is -1.63. The molecule has 1 aromatic rings. The number of furan rings is 1. The van der Waals surface area contributed by atoms with E-state index in [9.17, 15) is 25.4 Å². The predicted molar refractivity (Wildman–Crippen MR) is 59.8 cm³/mol. The molecule has 1 fully saturated rings. The van der Waals surface area contributed by atoms with E-state index in [0.29, 0.717) is 0 Å². The van der Waals surface area contributed by atoms with E-state index in [1.54, 1.807) is 0 Å². The topological polar surface area (TPSA) is 156 Å². The number of nitrogens with zero attached hydrogens (tertiary/aromatic N) is 1. The van der Waals surface area contributed by atoms with Crippen LogP contribution in [0.1, 0.15) is 0 Å². The number of aliphatic hydroxyl groups is 4. The Labute approximate surface area is 111 Å². The number of hydrogen-bond acceptors (Lipinski definition) is 9. The summed E-state index contributed by atoms with van der Waals surface area (Å²) in [5, 5.41) is 48.2. The van der Waals surface area contributed by atoms with Gasteiger partial charge in [0.2, 0.25) is 6.29 Å². The maximum absolute atomic E-state index is 10.4. The zero-order valence-electron chi connectivity index (χ0n) is 10.0. The zero-order valence-corrected chi connectivity index (χ0v) is 10.0. The van der Waals surface area contributed by atoms with Gasteiger partial charge in [0, 0.05) is 6.07 Å². The fraction of sp³-hybridized carbons (Fsp3) is 0.600. The van der Waals surface area contributed by atoms with Crippen molar-refractivity contribution in [3.63, 3.8) is 0 Å². The molecule has 0 unspecified atom stereocenters. The summed E-state index contributed by atoms with van der Waals surface area (Å²) < 4.78 is 14.8. The molecule has 10 heteroatoms. The SMILES string of the molecule is O=[N+]([O-])c1ccc(O[C@@H]2O[C@H](CO)[C@@H](O)[C@H](O)[C@H]2O)o1. The van der Waals surface area contributed by atoms with Crippen molar-refractivity contribution in [3.05, 3.63) is 22.2 Å². The van der Waals surface area contributed by atoms with Gasteiger partial charge in [-0.2, -0.15) is 0 Å². The van der Waals surface area contributed by atoms with Gasteiger partial charge in [0.25, 0.3) is 5.95 Å². The first-order valence-corrected chi connectivity index (χ1v) is 5.65. The number of nitro groups is 1. The maximum atomic E-state index is 10.4. The molecular formula is C10H13NO9. The van der Waals surface area contributed by atoms with E-state index in [1.165, 1.54) is 0 Å². The lowest BCUT2D eigenvalue weighted by Gasteiger charge is -2.38. The molecule has 0 saturated carbocycles. The van der Waals surface area contributed by atoms with Crippen LogP contribution in [0.25, 0.3) is 0 Å². The summed E-state index contributed by atoms with van der Waals surface area (Å²) in [4.78, 5) is 9.66. The highest BCUT2D eigenvalue weighted by Gasteiger charge is 2.45. The second-order valence-electron chi connectivity index (χ2n) is 4.16. The highest BCUT2D eigenvalue weighted by atomic mass is 16.7. The number of rotatable bonds is 4. The molecular weight excluding hydrogens is 278 g/mol. The lowest BCUT2D eigenvalue weighted by Crippen LogP contribution is -2.60. The molecule has 10 nitrogen and oxygen atoms in total. The van der Waals surface area contributed by atoms with Crippen molar-refractivity contribution in [1.29, 1.82) is 0 Å². The second kappa shape index (κ2) is 5.73. The summed E-state index contributed by atoms with van der Waals surface area (Å²) in [5.41, 5.74) is 0. The van der Waals surface area contributed by atoms with E-state index in [1.807, 2.05) is 0 Å². The smallest absolute Gasteiger partial charge is 0.432 e. The van der Waals surface area contributed by atoms with Crippen molar-refractivity contribution in [2.75, 3.05) is 6.61 Å². The Morgan fingerprint density at radius 3 is 2.50 bits per heavy atom. The van der Waals surface area contributed by atoms with Crippen molar-refractivity contribution in [2.24, 2.45) is 0 Å². The average Bonchev–Trinajstić information content (AvgIpc) is 2.88. The van der Waals surface area contributed by atoms with Crippen LogP contribution in [-0.4, -0.2) is 62.7 Å². The molecule has 0 radical (unpaired) electrons. The Hall–Kier alpha value is -1.72. The van der Waals surface area contributed by atoms with Crippen molar-refractivity contribution in [3.8, 4) is 5.95 Å². The van der Waals surface area contributed by atoms with Gasteiger partial charge in [0.1, 0.15) is 29.3 Å². The first-order chi connectivity index (χ1) is 9.43. The van der Waals surface area contributed by atoms with Gasteiger partial charge in [-0.1, -0.05) is 0 Å². The summed E-state index contributed by atoms with van der Waals surface area (Å²) in [7, 11) is 0. The zero-order chi connectivity index (χ0) is 14.9. The van der Waals surface area contributed by atoms with E-state index >= 15 is 0 Å². The van der Waals surface area contributed by atoms with E-state index in [0.717, 1.165) is 12.1 Å².